The first-order valence-electron chi connectivity index (χ1n) is 9.60. The summed E-state index contributed by atoms with van der Waals surface area (Å²) in [6.07, 6.45) is 2.98. The smallest absolute Gasteiger partial charge is 0.325 e. The van der Waals surface area contributed by atoms with Gasteiger partial charge >= 0.3 is 6.03 Å². The Bertz CT molecular complexity index is 870. The van der Waals surface area contributed by atoms with Crippen LogP contribution in [0.3, 0.4) is 0 Å². The molecule has 1 aliphatic carbocycles. The standard InChI is InChI=1S/C21H28N4O2S/c1-13-6-5-7-14(10-13)23-19(27)25-20-24-16-9-8-15(11-17(16)28-20)22-18(26)12-21(2,3)4/h5-7,10,15H,8-9,11-12H2,1-4H3,(H,22,26)(H2,23,24,25,27)/t15-/m1/s1. The van der Waals surface area contributed by atoms with Crippen LogP contribution in [0.1, 0.15) is 49.7 Å². The van der Waals surface area contributed by atoms with Gasteiger partial charge in [-0.15, -0.1) is 11.3 Å². The Labute approximate surface area is 170 Å². The van der Waals surface area contributed by atoms with Gasteiger partial charge in [-0.3, -0.25) is 10.1 Å². The summed E-state index contributed by atoms with van der Waals surface area (Å²) in [6.45, 7) is 8.17. The quantitative estimate of drug-likeness (QED) is 0.706. The average Bonchev–Trinajstić information content (AvgIpc) is 2.94. The molecule has 0 spiro atoms. The molecule has 1 aliphatic rings. The summed E-state index contributed by atoms with van der Waals surface area (Å²) >= 11 is 1.49. The monoisotopic (exact) mass is 400 g/mol. The molecule has 6 nitrogen and oxygen atoms in total. The van der Waals surface area contributed by atoms with Crippen molar-refractivity contribution in [2.45, 2.75) is 59.4 Å². The first kappa shape index (κ1) is 20.3. The minimum atomic E-state index is -0.299. The number of hydrogen-bond donors (Lipinski definition) is 3. The topological polar surface area (TPSA) is 83.1 Å². The molecule has 0 bridgehead atoms. The second kappa shape index (κ2) is 8.31. The van der Waals surface area contributed by atoms with Crippen molar-refractivity contribution in [1.82, 2.24) is 10.3 Å². The van der Waals surface area contributed by atoms with Gasteiger partial charge in [-0.05, 0) is 42.9 Å². The van der Waals surface area contributed by atoms with Crippen molar-refractivity contribution < 1.29 is 9.59 Å². The Morgan fingerprint density at radius 1 is 1.25 bits per heavy atom. The number of amides is 3. The lowest BCUT2D eigenvalue weighted by Gasteiger charge is -2.24. The van der Waals surface area contributed by atoms with Gasteiger partial charge in [-0.25, -0.2) is 9.78 Å². The molecule has 7 heteroatoms. The molecule has 1 aromatic heterocycles. The number of benzene rings is 1. The summed E-state index contributed by atoms with van der Waals surface area (Å²) < 4.78 is 0. The summed E-state index contributed by atoms with van der Waals surface area (Å²) in [7, 11) is 0. The van der Waals surface area contributed by atoms with E-state index in [1.807, 2.05) is 31.2 Å². The third-order valence-corrected chi connectivity index (χ3v) is 5.53. The Kier molecular flexibility index (Phi) is 6.03. The number of aromatic nitrogens is 1. The Morgan fingerprint density at radius 3 is 2.75 bits per heavy atom. The minimum absolute atomic E-state index is 0.0177. The van der Waals surface area contributed by atoms with Crippen LogP contribution in [0.15, 0.2) is 24.3 Å². The maximum absolute atomic E-state index is 12.2. The number of anilines is 2. The molecule has 0 saturated carbocycles. The van der Waals surface area contributed by atoms with Crippen molar-refractivity contribution >= 4 is 34.1 Å². The fourth-order valence-corrected chi connectivity index (χ4v) is 4.38. The van der Waals surface area contributed by atoms with E-state index in [0.717, 1.165) is 41.1 Å². The zero-order valence-electron chi connectivity index (χ0n) is 16.9. The highest BCUT2D eigenvalue weighted by Gasteiger charge is 2.25. The molecule has 0 fully saturated rings. The molecule has 1 atom stereocenters. The number of rotatable bonds is 4. The molecular weight excluding hydrogens is 372 g/mol. The first-order chi connectivity index (χ1) is 13.2. The summed E-state index contributed by atoms with van der Waals surface area (Å²) in [5.41, 5.74) is 2.84. The number of urea groups is 1. The normalized spacial score (nSPS) is 16.2. The molecule has 2 aromatic rings. The van der Waals surface area contributed by atoms with Gasteiger partial charge in [0.1, 0.15) is 0 Å². The van der Waals surface area contributed by atoms with Crippen molar-refractivity contribution in [3.8, 4) is 0 Å². The third kappa shape index (κ3) is 5.79. The molecule has 0 unspecified atom stereocenters. The van der Waals surface area contributed by atoms with Gasteiger partial charge in [0.05, 0.1) is 5.69 Å². The van der Waals surface area contributed by atoms with Crippen molar-refractivity contribution in [3.63, 3.8) is 0 Å². The van der Waals surface area contributed by atoms with E-state index in [1.165, 1.54) is 11.3 Å². The van der Waals surface area contributed by atoms with Crippen LogP contribution in [0.5, 0.6) is 0 Å². The zero-order valence-corrected chi connectivity index (χ0v) is 17.7. The Morgan fingerprint density at radius 2 is 2.04 bits per heavy atom. The van der Waals surface area contributed by atoms with E-state index < -0.39 is 0 Å². The van der Waals surface area contributed by atoms with Gasteiger partial charge in [0.25, 0.3) is 0 Å². The number of carbonyl (C=O) groups is 2. The summed E-state index contributed by atoms with van der Waals surface area (Å²) in [4.78, 5) is 30.1. The van der Waals surface area contributed by atoms with E-state index in [1.54, 1.807) is 0 Å². The van der Waals surface area contributed by atoms with Gasteiger partial charge in [0.15, 0.2) is 5.13 Å². The molecule has 0 saturated heterocycles. The van der Waals surface area contributed by atoms with Crippen LogP contribution in [0.25, 0.3) is 0 Å². The van der Waals surface area contributed by atoms with Gasteiger partial charge < -0.3 is 10.6 Å². The number of fused-ring (bicyclic) bond motifs is 1. The SMILES string of the molecule is Cc1cccc(NC(=O)Nc2nc3c(s2)C[C@H](NC(=O)CC(C)(C)C)CC3)c1. The van der Waals surface area contributed by atoms with Crippen LogP contribution in [0.2, 0.25) is 0 Å². The van der Waals surface area contributed by atoms with E-state index >= 15 is 0 Å². The van der Waals surface area contributed by atoms with Crippen LogP contribution in [0, 0.1) is 12.3 Å². The highest BCUT2D eigenvalue weighted by atomic mass is 32.1. The van der Waals surface area contributed by atoms with E-state index in [4.69, 9.17) is 0 Å². The fraction of sp³-hybridized carbons (Fsp3) is 0.476. The number of nitrogens with zero attached hydrogens (tertiary/aromatic N) is 1. The van der Waals surface area contributed by atoms with Crippen molar-refractivity contribution in [2.75, 3.05) is 10.6 Å². The van der Waals surface area contributed by atoms with Crippen molar-refractivity contribution in [2.24, 2.45) is 5.41 Å². The molecule has 1 heterocycles. The van der Waals surface area contributed by atoms with Crippen molar-refractivity contribution in [3.05, 3.63) is 40.4 Å². The average molecular weight is 401 g/mol. The number of thiazole rings is 1. The molecule has 0 radical (unpaired) electrons. The van der Waals surface area contributed by atoms with Crippen LogP contribution in [-0.4, -0.2) is 23.0 Å². The molecular formula is C21H28N4O2S. The largest absolute Gasteiger partial charge is 0.353 e. The van der Waals surface area contributed by atoms with Crippen LogP contribution in [0.4, 0.5) is 15.6 Å². The molecule has 3 N–H and O–H groups in total. The van der Waals surface area contributed by atoms with Gasteiger partial charge in [0, 0.05) is 29.4 Å². The molecule has 150 valence electrons. The lowest BCUT2D eigenvalue weighted by Crippen LogP contribution is -2.39. The van der Waals surface area contributed by atoms with E-state index in [-0.39, 0.29) is 23.4 Å². The summed E-state index contributed by atoms with van der Waals surface area (Å²) in [5.74, 6) is 0.0985. The molecule has 1 aromatic carbocycles. The molecule has 3 amide bonds. The lowest BCUT2D eigenvalue weighted by atomic mass is 9.91. The van der Waals surface area contributed by atoms with E-state index in [2.05, 4.69) is 41.7 Å². The first-order valence-corrected chi connectivity index (χ1v) is 10.4. The van der Waals surface area contributed by atoms with E-state index in [0.29, 0.717) is 11.6 Å². The highest BCUT2D eigenvalue weighted by molar-refractivity contribution is 7.15. The maximum Gasteiger partial charge on any atom is 0.325 e. The van der Waals surface area contributed by atoms with Gasteiger partial charge in [0.2, 0.25) is 5.91 Å². The van der Waals surface area contributed by atoms with Crippen LogP contribution < -0.4 is 16.0 Å². The minimum Gasteiger partial charge on any atom is -0.353 e. The summed E-state index contributed by atoms with van der Waals surface area (Å²) in [5, 5.41) is 9.39. The van der Waals surface area contributed by atoms with Gasteiger partial charge in [-0.2, -0.15) is 0 Å². The number of hydrogen-bond acceptors (Lipinski definition) is 4. The van der Waals surface area contributed by atoms with Gasteiger partial charge in [-0.1, -0.05) is 32.9 Å². The molecule has 28 heavy (non-hydrogen) atoms. The predicted octanol–water partition coefficient (Wildman–Crippen LogP) is 4.51. The maximum atomic E-state index is 12.2. The predicted molar refractivity (Wildman–Crippen MR) is 114 cm³/mol. The van der Waals surface area contributed by atoms with E-state index in [9.17, 15) is 9.59 Å². The Balaban J connectivity index is 1.56. The number of carbonyl (C=O) groups excluding carboxylic acids is 2. The third-order valence-electron chi connectivity index (χ3n) is 4.49. The number of nitrogens with one attached hydrogen (secondary N) is 3. The Hall–Kier alpha value is -2.41. The van der Waals surface area contributed by atoms with Crippen LogP contribution in [-0.2, 0) is 17.6 Å². The number of aryl methyl sites for hydroxylation is 2. The molecule has 3 rings (SSSR count). The zero-order chi connectivity index (χ0) is 20.3. The second-order valence-electron chi connectivity index (χ2n) is 8.58. The lowest BCUT2D eigenvalue weighted by molar-refractivity contribution is -0.123. The summed E-state index contributed by atoms with van der Waals surface area (Å²) in [6, 6.07) is 7.49. The second-order valence-corrected chi connectivity index (χ2v) is 9.67. The fourth-order valence-electron chi connectivity index (χ4n) is 3.29. The highest BCUT2D eigenvalue weighted by Crippen LogP contribution is 2.30. The van der Waals surface area contributed by atoms with Crippen LogP contribution >= 0.6 is 11.3 Å². The molecule has 0 aliphatic heterocycles. The van der Waals surface area contributed by atoms with Crippen molar-refractivity contribution in [1.29, 1.82) is 0 Å².